The van der Waals surface area contributed by atoms with Crippen molar-refractivity contribution in [2.24, 2.45) is 7.05 Å². The van der Waals surface area contributed by atoms with Crippen LogP contribution in [0, 0.1) is 6.92 Å². The van der Waals surface area contributed by atoms with Gasteiger partial charge in [-0.25, -0.2) is 0 Å². The minimum Gasteiger partial charge on any atom is -0.496 e. The molecule has 1 aromatic carbocycles. The van der Waals surface area contributed by atoms with E-state index in [0.29, 0.717) is 0 Å². The number of nitrogens with zero attached hydrogens (tertiary/aromatic N) is 2. The highest BCUT2D eigenvalue weighted by atomic mass is 16.5. The first-order valence-corrected chi connectivity index (χ1v) is 5.56. The number of ether oxygens (including phenoxy) is 1. The number of aromatic nitrogens is 2. The van der Waals surface area contributed by atoms with Crippen molar-refractivity contribution in [1.29, 1.82) is 0 Å². The highest BCUT2D eigenvalue weighted by Crippen LogP contribution is 2.18. The Hall–Kier alpha value is -1.97. The van der Waals surface area contributed by atoms with Crippen LogP contribution in [0.4, 0.5) is 5.82 Å². The Labute approximate surface area is 101 Å². The van der Waals surface area contributed by atoms with E-state index in [4.69, 9.17) is 4.74 Å². The van der Waals surface area contributed by atoms with Crippen LogP contribution >= 0.6 is 0 Å². The second-order valence-electron chi connectivity index (χ2n) is 4.03. The fraction of sp³-hybridized carbons (Fsp3) is 0.308. The zero-order valence-electron chi connectivity index (χ0n) is 10.4. The highest BCUT2D eigenvalue weighted by molar-refractivity contribution is 5.39. The number of methoxy groups -OCH3 is 1. The molecule has 0 atom stereocenters. The average Bonchev–Trinajstić information content (AvgIpc) is 2.73. The maximum Gasteiger partial charge on any atom is 0.148 e. The SMILES string of the molecule is COc1ccc(CNc2ccn(C)n2)cc1C. The molecule has 0 saturated carbocycles. The highest BCUT2D eigenvalue weighted by Gasteiger charge is 2.01. The molecule has 1 heterocycles. The summed E-state index contributed by atoms with van der Waals surface area (Å²) in [5.41, 5.74) is 2.36. The van der Waals surface area contributed by atoms with Crippen LogP contribution in [0.1, 0.15) is 11.1 Å². The monoisotopic (exact) mass is 231 g/mol. The second kappa shape index (κ2) is 4.91. The van der Waals surface area contributed by atoms with Crippen molar-refractivity contribution in [1.82, 2.24) is 9.78 Å². The molecule has 17 heavy (non-hydrogen) atoms. The number of benzene rings is 1. The zero-order valence-corrected chi connectivity index (χ0v) is 10.4. The van der Waals surface area contributed by atoms with Gasteiger partial charge in [0, 0.05) is 25.9 Å². The maximum absolute atomic E-state index is 5.23. The van der Waals surface area contributed by atoms with Crippen LogP contribution in [-0.2, 0) is 13.6 Å². The van der Waals surface area contributed by atoms with Gasteiger partial charge in [-0.15, -0.1) is 0 Å². The summed E-state index contributed by atoms with van der Waals surface area (Å²) < 4.78 is 7.01. The second-order valence-corrected chi connectivity index (χ2v) is 4.03. The summed E-state index contributed by atoms with van der Waals surface area (Å²) in [5.74, 6) is 1.81. The first-order valence-electron chi connectivity index (χ1n) is 5.56. The van der Waals surface area contributed by atoms with Gasteiger partial charge in [0.2, 0.25) is 0 Å². The summed E-state index contributed by atoms with van der Waals surface area (Å²) >= 11 is 0. The molecule has 4 nitrogen and oxygen atoms in total. The van der Waals surface area contributed by atoms with E-state index in [1.165, 1.54) is 5.56 Å². The van der Waals surface area contributed by atoms with Crippen molar-refractivity contribution < 1.29 is 4.74 Å². The normalized spacial score (nSPS) is 10.3. The Morgan fingerprint density at radius 2 is 2.18 bits per heavy atom. The van der Waals surface area contributed by atoms with Gasteiger partial charge in [0.05, 0.1) is 7.11 Å². The van der Waals surface area contributed by atoms with Gasteiger partial charge in [0.25, 0.3) is 0 Å². The Bertz CT molecular complexity index is 505. The summed E-state index contributed by atoms with van der Waals surface area (Å²) in [6.07, 6.45) is 1.92. The molecule has 0 unspecified atom stereocenters. The average molecular weight is 231 g/mol. The predicted octanol–water partition coefficient (Wildman–Crippen LogP) is 2.35. The van der Waals surface area contributed by atoms with Crippen LogP contribution in [0.25, 0.3) is 0 Å². The summed E-state index contributed by atoms with van der Waals surface area (Å²) in [5, 5.41) is 7.54. The first kappa shape index (κ1) is 11.5. The van der Waals surface area contributed by atoms with Gasteiger partial charge in [0.15, 0.2) is 0 Å². The van der Waals surface area contributed by atoms with E-state index in [1.54, 1.807) is 11.8 Å². The van der Waals surface area contributed by atoms with Crippen LogP contribution in [0.15, 0.2) is 30.5 Å². The first-order chi connectivity index (χ1) is 8.19. The fourth-order valence-corrected chi connectivity index (χ4v) is 1.75. The third kappa shape index (κ3) is 2.78. The molecular formula is C13H17N3O. The maximum atomic E-state index is 5.23. The summed E-state index contributed by atoms with van der Waals surface area (Å²) in [6, 6.07) is 8.12. The van der Waals surface area contributed by atoms with Gasteiger partial charge < -0.3 is 10.1 Å². The van der Waals surface area contributed by atoms with Crippen molar-refractivity contribution in [3.63, 3.8) is 0 Å². The molecule has 0 aliphatic rings. The fourth-order valence-electron chi connectivity index (χ4n) is 1.75. The number of hydrogen-bond donors (Lipinski definition) is 1. The minimum absolute atomic E-state index is 0.766. The topological polar surface area (TPSA) is 39.1 Å². The molecule has 0 spiro atoms. The van der Waals surface area contributed by atoms with E-state index in [1.807, 2.05) is 32.3 Å². The van der Waals surface area contributed by atoms with Crippen molar-refractivity contribution in [3.8, 4) is 5.75 Å². The van der Waals surface area contributed by atoms with Crippen molar-refractivity contribution >= 4 is 5.82 Å². The third-order valence-corrected chi connectivity index (χ3v) is 2.65. The van der Waals surface area contributed by atoms with Crippen LogP contribution in [0.2, 0.25) is 0 Å². The van der Waals surface area contributed by atoms with Crippen LogP contribution in [0.5, 0.6) is 5.75 Å². The van der Waals surface area contributed by atoms with E-state index in [0.717, 1.165) is 23.7 Å². The number of nitrogens with one attached hydrogen (secondary N) is 1. The minimum atomic E-state index is 0.766. The van der Waals surface area contributed by atoms with Crippen LogP contribution in [-0.4, -0.2) is 16.9 Å². The molecule has 0 radical (unpaired) electrons. The quantitative estimate of drug-likeness (QED) is 0.878. The lowest BCUT2D eigenvalue weighted by Crippen LogP contribution is -2.01. The summed E-state index contributed by atoms with van der Waals surface area (Å²) in [6.45, 7) is 2.81. The van der Waals surface area contributed by atoms with Crippen molar-refractivity contribution in [2.75, 3.05) is 12.4 Å². The Kier molecular flexibility index (Phi) is 3.32. The molecule has 90 valence electrons. The summed E-state index contributed by atoms with van der Waals surface area (Å²) in [4.78, 5) is 0. The van der Waals surface area contributed by atoms with Gasteiger partial charge in [-0.05, 0) is 24.1 Å². The van der Waals surface area contributed by atoms with E-state index < -0.39 is 0 Å². The molecule has 1 N–H and O–H groups in total. The standard InChI is InChI=1S/C13H17N3O/c1-10-8-11(4-5-12(10)17-3)9-14-13-6-7-16(2)15-13/h4-8H,9H2,1-3H3,(H,14,15). The van der Waals surface area contributed by atoms with E-state index in [-0.39, 0.29) is 0 Å². The Balaban J connectivity index is 2.02. The summed E-state index contributed by atoms with van der Waals surface area (Å²) in [7, 11) is 3.59. The molecule has 0 aliphatic carbocycles. The van der Waals surface area contributed by atoms with Crippen LogP contribution < -0.4 is 10.1 Å². The Morgan fingerprint density at radius 1 is 1.35 bits per heavy atom. The van der Waals surface area contributed by atoms with Gasteiger partial charge in [-0.1, -0.05) is 12.1 Å². The molecular weight excluding hydrogens is 214 g/mol. The number of anilines is 1. The lowest BCUT2D eigenvalue weighted by atomic mass is 10.1. The van der Waals surface area contributed by atoms with E-state index in [2.05, 4.69) is 22.5 Å². The molecule has 0 aliphatic heterocycles. The lowest BCUT2D eigenvalue weighted by molar-refractivity contribution is 0.411. The van der Waals surface area contributed by atoms with Gasteiger partial charge in [0.1, 0.15) is 11.6 Å². The third-order valence-electron chi connectivity index (χ3n) is 2.65. The molecule has 0 amide bonds. The molecule has 0 fully saturated rings. The molecule has 2 aromatic rings. The Morgan fingerprint density at radius 3 is 2.76 bits per heavy atom. The van der Waals surface area contributed by atoms with Crippen LogP contribution in [0.3, 0.4) is 0 Å². The van der Waals surface area contributed by atoms with Crippen molar-refractivity contribution in [2.45, 2.75) is 13.5 Å². The van der Waals surface area contributed by atoms with Gasteiger partial charge in [-0.3, -0.25) is 4.68 Å². The lowest BCUT2D eigenvalue weighted by Gasteiger charge is -2.08. The molecule has 0 saturated heterocycles. The smallest absolute Gasteiger partial charge is 0.148 e. The van der Waals surface area contributed by atoms with Gasteiger partial charge >= 0.3 is 0 Å². The molecule has 2 rings (SSSR count). The van der Waals surface area contributed by atoms with E-state index >= 15 is 0 Å². The van der Waals surface area contributed by atoms with Crippen molar-refractivity contribution in [3.05, 3.63) is 41.6 Å². The molecule has 0 bridgehead atoms. The predicted molar refractivity (Wildman–Crippen MR) is 68.3 cm³/mol. The molecule has 1 aromatic heterocycles. The number of rotatable bonds is 4. The largest absolute Gasteiger partial charge is 0.496 e. The zero-order chi connectivity index (χ0) is 12.3. The number of hydrogen-bond acceptors (Lipinski definition) is 3. The number of aryl methyl sites for hydroxylation is 2. The molecule has 4 heteroatoms. The van der Waals surface area contributed by atoms with E-state index in [9.17, 15) is 0 Å². The van der Waals surface area contributed by atoms with Gasteiger partial charge in [-0.2, -0.15) is 5.10 Å².